The molecule has 0 radical (unpaired) electrons. The molecule has 0 N–H and O–H groups in total. The summed E-state index contributed by atoms with van der Waals surface area (Å²) in [4.78, 5) is 25.7. The van der Waals surface area contributed by atoms with E-state index >= 15 is 0 Å². The molecule has 1 aromatic carbocycles. The van der Waals surface area contributed by atoms with Gasteiger partial charge in [0.05, 0.1) is 24.7 Å². The van der Waals surface area contributed by atoms with Gasteiger partial charge in [-0.1, -0.05) is 18.2 Å². The molecule has 0 aromatic heterocycles. The third kappa shape index (κ3) is 3.65. The van der Waals surface area contributed by atoms with E-state index in [0.29, 0.717) is 23.9 Å². The van der Waals surface area contributed by atoms with Gasteiger partial charge in [-0.25, -0.2) is 0 Å². The molecule has 1 aromatic rings. The molecule has 1 heterocycles. The van der Waals surface area contributed by atoms with Gasteiger partial charge in [0.25, 0.3) is 11.1 Å². The SMILES string of the molecule is CCOc1ccccc1/C=C1/SC(=O)N(CCOC)C1=O. The number of rotatable bonds is 6. The predicted octanol–water partition coefficient (Wildman–Crippen LogP) is 2.77. The van der Waals surface area contributed by atoms with E-state index in [1.807, 2.05) is 31.2 Å². The number of hydrogen-bond donors (Lipinski definition) is 0. The van der Waals surface area contributed by atoms with Crippen LogP contribution in [0.4, 0.5) is 4.79 Å². The standard InChI is InChI=1S/C15H17NO4S/c1-3-20-12-7-5-4-6-11(12)10-13-14(17)16(8-9-19-2)15(18)21-13/h4-7,10H,3,8-9H2,1-2H3/b13-10+. The average molecular weight is 307 g/mol. The van der Waals surface area contributed by atoms with Gasteiger partial charge >= 0.3 is 0 Å². The highest BCUT2D eigenvalue weighted by Gasteiger charge is 2.34. The van der Waals surface area contributed by atoms with Gasteiger partial charge in [0.2, 0.25) is 0 Å². The number of carbonyl (C=O) groups excluding carboxylic acids is 2. The van der Waals surface area contributed by atoms with Gasteiger partial charge in [0.15, 0.2) is 0 Å². The normalized spacial score (nSPS) is 16.9. The molecule has 2 rings (SSSR count). The first-order chi connectivity index (χ1) is 10.2. The van der Waals surface area contributed by atoms with E-state index in [1.165, 1.54) is 12.0 Å². The smallest absolute Gasteiger partial charge is 0.293 e. The molecule has 112 valence electrons. The summed E-state index contributed by atoms with van der Waals surface area (Å²) in [5, 5.41) is -0.266. The topological polar surface area (TPSA) is 55.8 Å². The maximum atomic E-state index is 12.2. The monoisotopic (exact) mass is 307 g/mol. The first kappa shape index (κ1) is 15.6. The molecule has 0 bridgehead atoms. The third-order valence-corrected chi connectivity index (χ3v) is 3.81. The van der Waals surface area contributed by atoms with Gasteiger partial charge in [-0.2, -0.15) is 0 Å². The Labute approximate surface area is 127 Å². The van der Waals surface area contributed by atoms with Crippen LogP contribution in [0.5, 0.6) is 5.75 Å². The molecule has 1 aliphatic rings. The van der Waals surface area contributed by atoms with E-state index in [2.05, 4.69) is 0 Å². The molecule has 21 heavy (non-hydrogen) atoms. The number of amides is 2. The minimum atomic E-state index is -0.284. The Bertz CT molecular complexity index is 571. The Balaban J connectivity index is 2.22. The molecule has 0 saturated carbocycles. The molecule has 6 heteroatoms. The highest BCUT2D eigenvalue weighted by Crippen LogP contribution is 2.33. The Morgan fingerprint density at radius 1 is 1.29 bits per heavy atom. The van der Waals surface area contributed by atoms with Crippen LogP contribution < -0.4 is 4.74 Å². The minimum Gasteiger partial charge on any atom is -0.493 e. The average Bonchev–Trinajstić information content (AvgIpc) is 2.74. The van der Waals surface area contributed by atoms with Gasteiger partial charge < -0.3 is 9.47 Å². The first-order valence-corrected chi connectivity index (χ1v) is 7.45. The number of imide groups is 1. The fourth-order valence-corrected chi connectivity index (χ4v) is 2.76. The van der Waals surface area contributed by atoms with Crippen molar-refractivity contribution in [1.29, 1.82) is 0 Å². The van der Waals surface area contributed by atoms with Crippen LogP contribution in [-0.2, 0) is 9.53 Å². The number of ether oxygens (including phenoxy) is 2. The highest BCUT2D eigenvalue weighted by molar-refractivity contribution is 8.18. The Morgan fingerprint density at radius 3 is 2.76 bits per heavy atom. The lowest BCUT2D eigenvalue weighted by atomic mass is 10.2. The van der Waals surface area contributed by atoms with Crippen molar-refractivity contribution in [2.75, 3.05) is 26.9 Å². The summed E-state index contributed by atoms with van der Waals surface area (Å²) < 4.78 is 10.4. The second-order valence-electron chi connectivity index (χ2n) is 4.30. The van der Waals surface area contributed by atoms with E-state index in [4.69, 9.17) is 9.47 Å². The van der Waals surface area contributed by atoms with E-state index in [9.17, 15) is 9.59 Å². The maximum absolute atomic E-state index is 12.2. The van der Waals surface area contributed by atoms with Crippen molar-refractivity contribution in [2.24, 2.45) is 0 Å². The van der Waals surface area contributed by atoms with Crippen LogP contribution in [0.3, 0.4) is 0 Å². The van der Waals surface area contributed by atoms with Crippen molar-refractivity contribution in [3.8, 4) is 5.75 Å². The summed E-state index contributed by atoms with van der Waals surface area (Å²) >= 11 is 0.941. The second-order valence-corrected chi connectivity index (χ2v) is 5.29. The zero-order valence-corrected chi connectivity index (χ0v) is 12.8. The lowest BCUT2D eigenvalue weighted by Crippen LogP contribution is -2.31. The van der Waals surface area contributed by atoms with Crippen molar-refractivity contribution >= 4 is 29.0 Å². The van der Waals surface area contributed by atoms with Gasteiger partial charge in [-0.15, -0.1) is 0 Å². The Morgan fingerprint density at radius 2 is 2.05 bits per heavy atom. The summed E-state index contributed by atoms with van der Waals surface area (Å²) in [5.41, 5.74) is 0.789. The molecular formula is C15H17NO4S. The molecule has 5 nitrogen and oxygen atoms in total. The van der Waals surface area contributed by atoms with E-state index < -0.39 is 0 Å². The zero-order chi connectivity index (χ0) is 15.2. The summed E-state index contributed by atoms with van der Waals surface area (Å²) in [6.07, 6.45) is 1.70. The number of benzene rings is 1. The van der Waals surface area contributed by atoms with Gasteiger partial charge in [0.1, 0.15) is 5.75 Å². The predicted molar refractivity (Wildman–Crippen MR) is 82.2 cm³/mol. The molecule has 2 amide bonds. The van der Waals surface area contributed by atoms with Crippen molar-refractivity contribution in [2.45, 2.75) is 6.92 Å². The number of para-hydroxylation sites is 1. The summed E-state index contributed by atoms with van der Waals surface area (Å²) in [6.45, 7) is 3.04. The van der Waals surface area contributed by atoms with Crippen molar-refractivity contribution in [3.05, 3.63) is 34.7 Å². The van der Waals surface area contributed by atoms with Gasteiger partial charge in [-0.05, 0) is 30.8 Å². The molecule has 1 aliphatic heterocycles. The Kier molecular flexibility index (Phi) is 5.41. The van der Waals surface area contributed by atoms with Crippen LogP contribution in [-0.4, -0.2) is 42.9 Å². The van der Waals surface area contributed by atoms with Gasteiger partial charge in [0, 0.05) is 12.7 Å². The number of hydrogen-bond acceptors (Lipinski definition) is 5. The van der Waals surface area contributed by atoms with Gasteiger partial charge in [-0.3, -0.25) is 14.5 Å². The summed E-state index contributed by atoms with van der Waals surface area (Å²) in [6, 6.07) is 7.43. The number of carbonyl (C=O) groups is 2. The lowest BCUT2D eigenvalue weighted by Gasteiger charge is -2.11. The molecular weight excluding hydrogens is 290 g/mol. The molecule has 0 atom stereocenters. The van der Waals surface area contributed by atoms with Crippen LogP contribution in [0.15, 0.2) is 29.2 Å². The molecule has 0 aliphatic carbocycles. The lowest BCUT2D eigenvalue weighted by molar-refractivity contribution is -0.123. The molecule has 0 unspecified atom stereocenters. The van der Waals surface area contributed by atoms with Crippen LogP contribution in [0.25, 0.3) is 6.08 Å². The van der Waals surface area contributed by atoms with Crippen molar-refractivity contribution in [3.63, 3.8) is 0 Å². The number of thioether (sulfide) groups is 1. The minimum absolute atomic E-state index is 0.266. The third-order valence-electron chi connectivity index (χ3n) is 2.90. The molecule has 1 fully saturated rings. The number of nitrogens with zero attached hydrogens (tertiary/aromatic N) is 1. The van der Waals surface area contributed by atoms with Crippen LogP contribution in [0.1, 0.15) is 12.5 Å². The van der Waals surface area contributed by atoms with Crippen LogP contribution >= 0.6 is 11.8 Å². The maximum Gasteiger partial charge on any atom is 0.293 e. The van der Waals surface area contributed by atoms with E-state index in [-0.39, 0.29) is 17.7 Å². The van der Waals surface area contributed by atoms with Crippen LogP contribution in [0.2, 0.25) is 0 Å². The second kappa shape index (κ2) is 7.28. The Hall–Kier alpha value is -1.79. The summed E-state index contributed by atoms with van der Waals surface area (Å²) in [5.74, 6) is 0.414. The largest absolute Gasteiger partial charge is 0.493 e. The fraction of sp³-hybridized carbons (Fsp3) is 0.333. The van der Waals surface area contributed by atoms with Crippen molar-refractivity contribution in [1.82, 2.24) is 4.90 Å². The van der Waals surface area contributed by atoms with E-state index in [1.54, 1.807) is 6.08 Å². The fourth-order valence-electron chi connectivity index (χ4n) is 1.90. The summed E-state index contributed by atoms with van der Waals surface area (Å²) in [7, 11) is 1.53. The quantitative estimate of drug-likeness (QED) is 0.756. The first-order valence-electron chi connectivity index (χ1n) is 6.63. The van der Waals surface area contributed by atoms with Crippen LogP contribution in [0, 0.1) is 0 Å². The molecule has 1 saturated heterocycles. The molecule has 0 spiro atoms. The highest BCUT2D eigenvalue weighted by atomic mass is 32.2. The van der Waals surface area contributed by atoms with Crippen molar-refractivity contribution < 1.29 is 19.1 Å². The zero-order valence-electron chi connectivity index (χ0n) is 12.0. The number of methoxy groups -OCH3 is 1. The van der Waals surface area contributed by atoms with E-state index in [0.717, 1.165) is 17.3 Å².